The Morgan fingerprint density at radius 3 is 2.00 bits per heavy atom. The number of hydrogen-bond acceptors (Lipinski definition) is 1. The molecule has 2 N–H and O–H groups in total. The fraction of sp³-hybridized carbons (Fsp3) is 0.733. The van der Waals surface area contributed by atoms with Crippen molar-refractivity contribution in [2.24, 2.45) is 16.2 Å². The second-order valence-corrected chi connectivity index (χ2v) is 9.27. The highest BCUT2D eigenvalue weighted by atomic mass is 31.2. The third kappa shape index (κ3) is 3.59. The number of hydrogen-bond donors (Lipinski definition) is 2. The Bertz CT molecular complexity index is 427. The van der Waals surface area contributed by atoms with Crippen LogP contribution in [0.3, 0.4) is 0 Å². The minimum atomic E-state index is -4.01. The molecule has 0 heterocycles. The van der Waals surface area contributed by atoms with Crippen molar-refractivity contribution in [1.82, 2.24) is 0 Å². The van der Waals surface area contributed by atoms with E-state index in [1.807, 2.05) is 6.08 Å². The zero-order valence-electron chi connectivity index (χ0n) is 12.9. The van der Waals surface area contributed by atoms with Gasteiger partial charge < -0.3 is 9.79 Å². The quantitative estimate of drug-likeness (QED) is 0.750. The van der Waals surface area contributed by atoms with Gasteiger partial charge in [0.25, 0.3) is 0 Å². The van der Waals surface area contributed by atoms with Crippen molar-refractivity contribution in [1.29, 1.82) is 0 Å². The van der Waals surface area contributed by atoms with Crippen LogP contribution in [-0.4, -0.2) is 15.9 Å². The molecule has 1 aliphatic carbocycles. The van der Waals surface area contributed by atoms with Gasteiger partial charge in [0, 0.05) is 5.41 Å². The maximum atomic E-state index is 11.2. The van der Waals surface area contributed by atoms with E-state index in [1.54, 1.807) is 0 Å². The molecule has 0 bridgehead atoms. The SMILES string of the molecule is CC(C)(C)C1(C(C)(C)C)C=C(CP(=O)(O)O)C=CC1. The van der Waals surface area contributed by atoms with Gasteiger partial charge in [0.1, 0.15) is 0 Å². The molecule has 1 rings (SSSR count). The van der Waals surface area contributed by atoms with Crippen LogP contribution in [-0.2, 0) is 4.57 Å². The second kappa shape index (κ2) is 4.87. The molecule has 0 atom stereocenters. The Morgan fingerprint density at radius 2 is 1.63 bits per heavy atom. The number of rotatable bonds is 2. The fourth-order valence-corrected chi connectivity index (χ4v) is 4.00. The van der Waals surface area contributed by atoms with Crippen LogP contribution in [0.1, 0.15) is 48.0 Å². The van der Waals surface area contributed by atoms with E-state index in [4.69, 9.17) is 0 Å². The first kappa shape index (κ1) is 16.7. The Labute approximate surface area is 117 Å². The van der Waals surface area contributed by atoms with Gasteiger partial charge in [-0.15, -0.1) is 0 Å². The summed E-state index contributed by atoms with van der Waals surface area (Å²) in [5, 5.41) is 0. The van der Waals surface area contributed by atoms with E-state index in [1.165, 1.54) is 0 Å². The van der Waals surface area contributed by atoms with Gasteiger partial charge in [-0.05, 0) is 22.8 Å². The molecule has 0 saturated carbocycles. The minimum absolute atomic E-state index is 0.0240. The van der Waals surface area contributed by atoms with E-state index in [9.17, 15) is 14.4 Å². The fourth-order valence-electron chi connectivity index (χ4n) is 3.33. The van der Waals surface area contributed by atoms with E-state index in [2.05, 4.69) is 53.7 Å². The van der Waals surface area contributed by atoms with Crippen LogP contribution in [0.4, 0.5) is 0 Å². The summed E-state index contributed by atoms with van der Waals surface area (Å²) < 4.78 is 11.2. The molecule has 1 aliphatic rings. The van der Waals surface area contributed by atoms with Crippen molar-refractivity contribution in [2.45, 2.75) is 48.0 Å². The van der Waals surface area contributed by atoms with Crippen LogP contribution in [0.25, 0.3) is 0 Å². The summed E-state index contributed by atoms with van der Waals surface area (Å²) in [5.41, 5.74) is 0.704. The minimum Gasteiger partial charge on any atom is -0.324 e. The number of allylic oxidation sites excluding steroid dienone is 4. The average molecular weight is 286 g/mol. The predicted molar refractivity (Wildman–Crippen MR) is 80.1 cm³/mol. The topological polar surface area (TPSA) is 57.5 Å². The molecule has 110 valence electrons. The van der Waals surface area contributed by atoms with Crippen molar-refractivity contribution >= 4 is 7.60 Å². The van der Waals surface area contributed by atoms with E-state index in [-0.39, 0.29) is 22.4 Å². The summed E-state index contributed by atoms with van der Waals surface area (Å²) in [6, 6.07) is 0. The Balaban J connectivity index is 3.29. The molecule has 0 aromatic heterocycles. The lowest BCUT2D eigenvalue weighted by Gasteiger charge is -2.53. The normalized spacial score (nSPS) is 20.3. The molecular weight excluding hydrogens is 259 g/mol. The average Bonchev–Trinajstić information content (AvgIpc) is 2.11. The first-order valence-corrected chi connectivity index (χ1v) is 8.51. The van der Waals surface area contributed by atoms with E-state index >= 15 is 0 Å². The van der Waals surface area contributed by atoms with Gasteiger partial charge in [0.2, 0.25) is 0 Å². The van der Waals surface area contributed by atoms with Crippen LogP contribution >= 0.6 is 7.60 Å². The van der Waals surface area contributed by atoms with E-state index in [0.29, 0.717) is 0 Å². The Hall–Kier alpha value is -0.370. The molecule has 0 fully saturated rings. The van der Waals surface area contributed by atoms with E-state index < -0.39 is 7.60 Å². The lowest BCUT2D eigenvalue weighted by Crippen LogP contribution is -2.45. The first-order chi connectivity index (χ1) is 8.29. The smallest absolute Gasteiger partial charge is 0.324 e. The van der Waals surface area contributed by atoms with Gasteiger partial charge in [0.15, 0.2) is 0 Å². The summed E-state index contributed by atoms with van der Waals surface area (Å²) in [4.78, 5) is 18.4. The van der Waals surface area contributed by atoms with Gasteiger partial charge in [-0.3, -0.25) is 4.57 Å². The summed E-state index contributed by atoms with van der Waals surface area (Å²) in [6.45, 7) is 13.2. The molecule has 0 spiro atoms. The first-order valence-electron chi connectivity index (χ1n) is 6.71. The van der Waals surface area contributed by atoms with Crippen LogP contribution in [0.15, 0.2) is 23.8 Å². The van der Waals surface area contributed by atoms with Gasteiger partial charge in [-0.1, -0.05) is 59.8 Å². The van der Waals surface area contributed by atoms with Crippen LogP contribution in [0.5, 0.6) is 0 Å². The van der Waals surface area contributed by atoms with Crippen molar-refractivity contribution in [3.8, 4) is 0 Å². The Morgan fingerprint density at radius 1 is 1.16 bits per heavy atom. The third-order valence-corrected chi connectivity index (χ3v) is 5.05. The largest absolute Gasteiger partial charge is 0.329 e. The monoisotopic (exact) mass is 286 g/mol. The maximum absolute atomic E-state index is 11.2. The second-order valence-electron chi connectivity index (χ2n) is 7.62. The summed E-state index contributed by atoms with van der Waals surface area (Å²) in [5.74, 6) is 0. The van der Waals surface area contributed by atoms with E-state index in [0.717, 1.165) is 12.0 Å². The maximum Gasteiger partial charge on any atom is 0.329 e. The van der Waals surface area contributed by atoms with Crippen molar-refractivity contribution in [2.75, 3.05) is 6.16 Å². The summed E-state index contributed by atoms with van der Waals surface area (Å²) >= 11 is 0. The molecule has 0 aliphatic heterocycles. The molecule has 19 heavy (non-hydrogen) atoms. The molecule has 3 nitrogen and oxygen atoms in total. The highest BCUT2D eigenvalue weighted by Crippen LogP contribution is 2.57. The highest BCUT2D eigenvalue weighted by Gasteiger charge is 2.49. The molecule has 0 unspecified atom stereocenters. The summed E-state index contributed by atoms with van der Waals surface area (Å²) in [6.07, 6.45) is 6.75. The van der Waals surface area contributed by atoms with Crippen molar-refractivity contribution in [3.63, 3.8) is 0 Å². The zero-order chi connectivity index (χ0) is 15.1. The highest BCUT2D eigenvalue weighted by molar-refractivity contribution is 7.52. The predicted octanol–water partition coefficient (Wildman–Crippen LogP) is 4.13. The van der Waals surface area contributed by atoms with Crippen LogP contribution in [0.2, 0.25) is 0 Å². The van der Waals surface area contributed by atoms with Gasteiger partial charge in [-0.2, -0.15) is 0 Å². The standard InChI is InChI=1S/C15H27O3P/c1-13(2,3)15(14(4,5)6)9-7-8-12(10-15)11-19(16,17)18/h7-8,10H,9,11H2,1-6H3,(H2,16,17,18). The third-order valence-electron chi connectivity index (χ3n) is 4.27. The Kier molecular flexibility index (Phi) is 4.28. The molecule has 4 heteroatoms. The van der Waals surface area contributed by atoms with Crippen LogP contribution < -0.4 is 0 Å². The molecule has 0 aromatic carbocycles. The lowest BCUT2D eigenvalue weighted by molar-refractivity contribution is 0.0183. The molecular formula is C15H27O3P. The molecule has 0 aromatic rings. The van der Waals surface area contributed by atoms with Gasteiger partial charge in [-0.25, -0.2) is 0 Å². The van der Waals surface area contributed by atoms with Crippen molar-refractivity contribution in [3.05, 3.63) is 23.8 Å². The molecule has 0 amide bonds. The lowest BCUT2D eigenvalue weighted by atomic mass is 9.51. The molecule has 0 saturated heterocycles. The molecule has 0 radical (unpaired) electrons. The van der Waals surface area contributed by atoms with Gasteiger partial charge in [0.05, 0.1) is 6.16 Å². The summed E-state index contributed by atoms with van der Waals surface area (Å²) in [7, 11) is -4.01. The zero-order valence-corrected chi connectivity index (χ0v) is 13.8. The van der Waals surface area contributed by atoms with Crippen molar-refractivity contribution < 1.29 is 14.4 Å². The van der Waals surface area contributed by atoms with Gasteiger partial charge >= 0.3 is 7.60 Å². The van der Waals surface area contributed by atoms with Crippen LogP contribution in [0, 0.1) is 16.2 Å².